The zero-order chi connectivity index (χ0) is 26.8. The normalized spacial score (nSPS) is 20.8. The van der Waals surface area contributed by atoms with Gasteiger partial charge in [0.05, 0.1) is 42.4 Å². The van der Waals surface area contributed by atoms with Crippen LogP contribution in [0.1, 0.15) is 56.3 Å². The lowest BCUT2D eigenvalue weighted by molar-refractivity contribution is -0.134. The average molecular weight is 524 g/mol. The summed E-state index contributed by atoms with van der Waals surface area (Å²) in [6, 6.07) is 17.3. The summed E-state index contributed by atoms with van der Waals surface area (Å²) in [5.74, 6) is 1.70. The van der Waals surface area contributed by atoms with E-state index in [1.807, 2.05) is 24.2 Å². The molecule has 2 aliphatic heterocycles. The number of benzene rings is 2. The van der Waals surface area contributed by atoms with Crippen LogP contribution in [0.25, 0.3) is 33.6 Å². The highest BCUT2D eigenvalue weighted by atomic mass is 16.2. The SMILES string of the molecule is CC1CCC(c2ncc(-c3ccc(-c4ccc(-c5cnc(C6CCCN6)[nH]5)cc4)cc3)[nH]2)N1C(=O)CNC=O. The maximum Gasteiger partial charge on any atom is 0.242 e. The van der Waals surface area contributed by atoms with Crippen molar-refractivity contribution in [2.75, 3.05) is 13.1 Å². The smallest absolute Gasteiger partial charge is 0.242 e. The van der Waals surface area contributed by atoms with E-state index in [-0.39, 0.29) is 24.5 Å². The van der Waals surface area contributed by atoms with Gasteiger partial charge in [0.2, 0.25) is 12.3 Å². The van der Waals surface area contributed by atoms with Crippen molar-refractivity contribution in [2.24, 2.45) is 0 Å². The molecule has 2 amide bonds. The van der Waals surface area contributed by atoms with Gasteiger partial charge in [-0.2, -0.15) is 0 Å². The maximum absolute atomic E-state index is 12.7. The fraction of sp³-hybridized carbons (Fsp3) is 0.333. The summed E-state index contributed by atoms with van der Waals surface area (Å²) in [6.45, 7) is 3.09. The van der Waals surface area contributed by atoms with Gasteiger partial charge in [0.15, 0.2) is 0 Å². The van der Waals surface area contributed by atoms with E-state index in [2.05, 4.69) is 79.1 Å². The first-order chi connectivity index (χ1) is 19.1. The summed E-state index contributed by atoms with van der Waals surface area (Å²) < 4.78 is 0. The van der Waals surface area contributed by atoms with Gasteiger partial charge in [-0.25, -0.2) is 9.97 Å². The number of carbonyl (C=O) groups excluding carboxylic acids is 2. The minimum absolute atomic E-state index is 0.00121. The van der Waals surface area contributed by atoms with E-state index in [4.69, 9.17) is 0 Å². The van der Waals surface area contributed by atoms with Crippen LogP contribution in [0.3, 0.4) is 0 Å². The Kier molecular flexibility index (Phi) is 6.98. The molecular weight excluding hydrogens is 490 g/mol. The molecule has 9 nitrogen and oxygen atoms in total. The minimum atomic E-state index is -0.118. The van der Waals surface area contributed by atoms with Crippen molar-refractivity contribution >= 4 is 12.3 Å². The Labute approximate surface area is 227 Å². The highest BCUT2D eigenvalue weighted by molar-refractivity contribution is 5.81. The van der Waals surface area contributed by atoms with Crippen molar-refractivity contribution in [3.05, 3.63) is 72.6 Å². The first-order valence-corrected chi connectivity index (χ1v) is 13.6. The summed E-state index contributed by atoms with van der Waals surface area (Å²) in [4.78, 5) is 41.2. The Bertz CT molecular complexity index is 1430. The second-order valence-corrected chi connectivity index (χ2v) is 10.4. The van der Waals surface area contributed by atoms with Crippen molar-refractivity contribution < 1.29 is 9.59 Å². The Morgan fingerprint density at radius 3 is 2.08 bits per heavy atom. The van der Waals surface area contributed by atoms with Gasteiger partial charge in [-0.05, 0) is 61.4 Å². The highest BCUT2D eigenvalue weighted by Gasteiger charge is 2.36. The summed E-state index contributed by atoms with van der Waals surface area (Å²) in [6.07, 6.45) is 8.36. The van der Waals surface area contributed by atoms with E-state index >= 15 is 0 Å². The van der Waals surface area contributed by atoms with Crippen molar-refractivity contribution in [1.29, 1.82) is 0 Å². The van der Waals surface area contributed by atoms with Crippen LogP contribution in [0.4, 0.5) is 0 Å². The van der Waals surface area contributed by atoms with Gasteiger partial charge < -0.3 is 25.5 Å². The molecule has 2 fully saturated rings. The number of hydrogen-bond donors (Lipinski definition) is 4. The summed E-state index contributed by atoms with van der Waals surface area (Å²) >= 11 is 0. The van der Waals surface area contributed by atoms with Crippen LogP contribution in [0.2, 0.25) is 0 Å². The third-order valence-corrected chi connectivity index (χ3v) is 7.92. The number of H-pyrrole nitrogens is 2. The second kappa shape index (κ2) is 10.9. The van der Waals surface area contributed by atoms with Gasteiger partial charge in [-0.3, -0.25) is 9.59 Å². The number of nitrogens with zero attached hydrogens (tertiary/aromatic N) is 3. The van der Waals surface area contributed by atoms with Crippen LogP contribution >= 0.6 is 0 Å². The van der Waals surface area contributed by atoms with E-state index in [0.29, 0.717) is 12.5 Å². The largest absolute Gasteiger partial charge is 0.350 e. The molecule has 0 aliphatic carbocycles. The van der Waals surface area contributed by atoms with Crippen molar-refractivity contribution in [1.82, 2.24) is 35.5 Å². The van der Waals surface area contributed by atoms with Gasteiger partial charge in [-0.1, -0.05) is 48.5 Å². The number of aromatic amines is 2. The number of likely N-dealkylation sites (tertiary alicyclic amines) is 1. The van der Waals surface area contributed by atoms with Crippen molar-refractivity contribution in [2.45, 2.75) is 50.7 Å². The molecule has 0 radical (unpaired) electrons. The van der Waals surface area contributed by atoms with Gasteiger partial charge in [0, 0.05) is 6.04 Å². The number of imidazole rings is 2. The lowest BCUT2D eigenvalue weighted by atomic mass is 10.0. The van der Waals surface area contributed by atoms with Gasteiger partial charge in [-0.15, -0.1) is 0 Å². The monoisotopic (exact) mass is 523 g/mol. The van der Waals surface area contributed by atoms with Crippen LogP contribution in [0.5, 0.6) is 0 Å². The fourth-order valence-electron chi connectivity index (χ4n) is 5.81. The van der Waals surface area contributed by atoms with Gasteiger partial charge in [0.1, 0.15) is 11.6 Å². The molecule has 2 aromatic carbocycles. The zero-order valence-electron chi connectivity index (χ0n) is 22.0. The highest BCUT2D eigenvalue weighted by Crippen LogP contribution is 2.36. The van der Waals surface area contributed by atoms with E-state index in [1.165, 1.54) is 6.42 Å². The number of hydrogen-bond acceptors (Lipinski definition) is 5. The predicted molar refractivity (Wildman–Crippen MR) is 149 cm³/mol. The molecule has 9 heteroatoms. The third kappa shape index (κ3) is 5.09. The van der Waals surface area contributed by atoms with Gasteiger partial charge in [0.25, 0.3) is 0 Å². The molecule has 39 heavy (non-hydrogen) atoms. The molecule has 2 aromatic heterocycles. The molecule has 4 aromatic rings. The first kappa shape index (κ1) is 25.1. The van der Waals surface area contributed by atoms with E-state index < -0.39 is 0 Å². The molecule has 0 spiro atoms. The number of nitrogens with one attached hydrogen (secondary N) is 4. The minimum Gasteiger partial charge on any atom is -0.350 e. The summed E-state index contributed by atoms with van der Waals surface area (Å²) in [5, 5.41) is 5.97. The Morgan fingerprint density at radius 2 is 1.49 bits per heavy atom. The van der Waals surface area contributed by atoms with Crippen molar-refractivity contribution in [3.8, 4) is 33.6 Å². The topological polar surface area (TPSA) is 119 Å². The van der Waals surface area contributed by atoms with Crippen LogP contribution in [-0.4, -0.2) is 56.3 Å². The molecule has 4 N–H and O–H groups in total. The second-order valence-electron chi connectivity index (χ2n) is 10.4. The van der Waals surface area contributed by atoms with Crippen molar-refractivity contribution in [3.63, 3.8) is 0 Å². The maximum atomic E-state index is 12.7. The van der Waals surface area contributed by atoms with E-state index in [0.717, 1.165) is 71.1 Å². The number of rotatable bonds is 8. The molecular formula is C30H33N7O2. The molecule has 2 aliphatic rings. The number of carbonyl (C=O) groups is 2. The zero-order valence-corrected chi connectivity index (χ0v) is 22.0. The molecule has 0 bridgehead atoms. The average Bonchev–Trinajstić information content (AvgIpc) is 3.78. The molecule has 3 atom stereocenters. The molecule has 200 valence electrons. The van der Waals surface area contributed by atoms with Crippen LogP contribution < -0.4 is 10.6 Å². The van der Waals surface area contributed by atoms with Crippen LogP contribution in [0, 0.1) is 0 Å². The Morgan fingerprint density at radius 1 is 0.897 bits per heavy atom. The third-order valence-electron chi connectivity index (χ3n) is 7.92. The number of aromatic nitrogens is 4. The molecule has 4 heterocycles. The first-order valence-electron chi connectivity index (χ1n) is 13.6. The summed E-state index contributed by atoms with van der Waals surface area (Å²) in [5.41, 5.74) is 6.38. The molecule has 3 unspecified atom stereocenters. The standard InChI is InChI=1S/C30H33N7O2/c1-19-4-13-27(37(19)28(39)17-31-18-38)30-34-16-26(36-30)23-11-7-21(8-12-23)20-5-9-22(10-6-20)25-15-33-29(35-25)24-3-2-14-32-24/h5-12,15-16,18-19,24,27,32H,2-4,13-14,17H2,1H3,(H,31,38)(H,33,35)(H,34,36). The van der Waals surface area contributed by atoms with Gasteiger partial charge >= 0.3 is 0 Å². The Hall–Kier alpha value is -4.24. The lowest BCUT2D eigenvalue weighted by Crippen LogP contribution is -2.41. The fourth-order valence-corrected chi connectivity index (χ4v) is 5.81. The van der Waals surface area contributed by atoms with Crippen LogP contribution in [-0.2, 0) is 9.59 Å². The van der Waals surface area contributed by atoms with E-state index in [1.54, 1.807) is 0 Å². The lowest BCUT2D eigenvalue weighted by Gasteiger charge is -2.27. The Balaban J connectivity index is 1.14. The molecule has 0 saturated carbocycles. The quantitative estimate of drug-likeness (QED) is 0.256. The molecule has 2 saturated heterocycles. The van der Waals surface area contributed by atoms with E-state index in [9.17, 15) is 9.59 Å². The predicted octanol–water partition coefficient (Wildman–Crippen LogP) is 4.36. The molecule has 6 rings (SSSR count). The van der Waals surface area contributed by atoms with Crippen LogP contribution in [0.15, 0.2) is 60.9 Å². The number of amides is 2. The summed E-state index contributed by atoms with van der Waals surface area (Å²) in [7, 11) is 0.